The van der Waals surface area contributed by atoms with Gasteiger partial charge in [-0.3, -0.25) is 4.98 Å². The first kappa shape index (κ1) is 20.4. The van der Waals surface area contributed by atoms with Crippen molar-refractivity contribution in [3.63, 3.8) is 0 Å². The van der Waals surface area contributed by atoms with Gasteiger partial charge in [0.25, 0.3) is 0 Å². The van der Waals surface area contributed by atoms with Gasteiger partial charge in [0.05, 0.1) is 34.3 Å². The molecule has 0 aromatic carbocycles. The number of aromatic nitrogens is 4. The molecule has 1 fully saturated rings. The fourth-order valence-corrected chi connectivity index (χ4v) is 5.06. The van der Waals surface area contributed by atoms with Crippen LogP contribution in [0.25, 0.3) is 20.8 Å². The van der Waals surface area contributed by atoms with Crippen LogP contribution < -0.4 is 5.32 Å². The van der Waals surface area contributed by atoms with E-state index >= 15 is 0 Å². The topological polar surface area (TPSA) is 147 Å². The molecule has 29 heavy (non-hydrogen) atoms. The van der Waals surface area contributed by atoms with Gasteiger partial charge < -0.3 is 25.2 Å². The highest BCUT2D eigenvalue weighted by Gasteiger charge is 2.41. The van der Waals surface area contributed by atoms with Crippen molar-refractivity contribution < 1.29 is 19.9 Å². The third kappa shape index (κ3) is 3.81. The number of aryl methyl sites for hydroxylation is 1. The molecule has 0 saturated heterocycles. The molecule has 1 aliphatic carbocycles. The molecule has 4 rings (SSSR count). The lowest BCUT2D eigenvalue weighted by Crippen LogP contribution is -2.36. The second-order valence-corrected chi connectivity index (χ2v) is 9.35. The molecule has 11 heteroatoms. The minimum absolute atomic E-state index is 0.170. The molecule has 0 spiro atoms. The van der Waals surface area contributed by atoms with Crippen molar-refractivity contribution in [3.8, 4) is 10.6 Å². The maximum absolute atomic E-state index is 12.0. The van der Waals surface area contributed by atoms with Crippen LogP contribution in [-0.2, 0) is 11.2 Å². The van der Waals surface area contributed by atoms with Crippen LogP contribution in [0.3, 0.4) is 0 Å². The summed E-state index contributed by atoms with van der Waals surface area (Å²) in [6, 6.07) is 1.35. The first-order valence-corrected chi connectivity index (χ1v) is 11.4. The Kier molecular flexibility index (Phi) is 5.69. The number of aliphatic hydroxyl groups excluding tert-OH is 3. The van der Waals surface area contributed by atoms with E-state index in [2.05, 4.69) is 25.3 Å². The number of hydrogen-bond donors (Lipinski definition) is 4. The van der Waals surface area contributed by atoms with Gasteiger partial charge in [0.15, 0.2) is 0 Å². The molecule has 154 valence electrons. The summed E-state index contributed by atoms with van der Waals surface area (Å²) in [4.78, 5) is 17.5. The number of rotatable bonds is 5. The molecule has 0 aliphatic heterocycles. The molecule has 3 aromatic rings. The molecule has 4 N–H and O–H groups in total. The molecule has 3 aromatic heterocycles. The van der Waals surface area contributed by atoms with Crippen molar-refractivity contribution in [1.29, 1.82) is 0 Å². The number of pyridine rings is 1. The molecular formula is C18H21N5O4S2. The molecule has 0 bridgehead atoms. The lowest BCUT2D eigenvalue weighted by Gasteiger charge is -2.21. The Bertz CT molecular complexity index is 998. The van der Waals surface area contributed by atoms with E-state index in [1.54, 1.807) is 19.3 Å². The number of hydrogen-bond acceptors (Lipinski definition) is 10. The predicted molar refractivity (Wildman–Crippen MR) is 110 cm³/mol. The molecule has 5 atom stereocenters. The second kappa shape index (κ2) is 8.09. The van der Waals surface area contributed by atoms with Gasteiger partial charge >= 0.3 is 5.16 Å². The number of aliphatic hydroxyl groups is 3. The van der Waals surface area contributed by atoms with Gasteiger partial charge in [-0.05, 0) is 19.4 Å². The summed E-state index contributed by atoms with van der Waals surface area (Å²) in [5.41, 5.74) is 2.00. The van der Waals surface area contributed by atoms with Crippen molar-refractivity contribution in [1.82, 2.24) is 19.9 Å². The Labute approximate surface area is 174 Å². The van der Waals surface area contributed by atoms with E-state index in [1.165, 1.54) is 17.6 Å². The molecular weight excluding hydrogens is 414 g/mol. The van der Waals surface area contributed by atoms with E-state index in [4.69, 9.17) is 0 Å². The Morgan fingerprint density at radius 3 is 2.72 bits per heavy atom. The van der Waals surface area contributed by atoms with Gasteiger partial charge in [0.1, 0.15) is 28.7 Å². The summed E-state index contributed by atoms with van der Waals surface area (Å²) < 4.78 is 13.0. The molecule has 3 heterocycles. The highest BCUT2D eigenvalue weighted by atomic mass is 32.2. The van der Waals surface area contributed by atoms with Crippen LogP contribution in [-0.4, -0.2) is 70.9 Å². The second-order valence-electron chi connectivity index (χ2n) is 7.04. The zero-order chi connectivity index (χ0) is 20.7. The summed E-state index contributed by atoms with van der Waals surface area (Å²) in [5, 5.41) is 34.0. The first-order valence-electron chi connectivity index (χ1n) is 9.05. The van der Waals surface area contributed by atoms with Gasteiger partial charge in [-0.2, -0.15) is 9.97 Å². The average molecular weight is 436 g/mol. The maximum atomic E-state index is 12.0. The van der Waals surface area contributed by atoms with Crippen molar-refractivity contribution in [2.75, 3.05) is 18.2 Å². The van der Waals surface area contributed by atoms with Gasteiger partial charge in [-0.25, -0.2) is 4.98 Å². The number of fused-ring (bicyclic) bond motifs is 1. The molecule has 9 nitrogen and oxygen atoms in total. The minimum atomic E-state index is -1.40. The summed E-state index contributed by atoms with van der Waals surface area (Å²) in [6.45, 7) is 1.57. The van der Waals surface area contributed by atoms with Crippen molar-refractivity contribution in [2.45, 2.75) is 36.8 Å². The van der Waals surface area contributed by atoms with Crippen LogP contribution >= 0.6 is 11.3 Å². The molecule has 0 amide bonds. The molecule has 0 radical (unpaired) electrons. The average Bonchev–Trinajstić information content (AvgIpc) is 3.23. The summed E-state index contributed by atoms with van der Waals surface area (Å²) in [5.74, 6) is -0.0354. The number of nitrogens with zero attached hydrogens (tertiary/aromatic N) is 4. The van der Waals surface area contributed by atoms with E-state index in [-0.39, 0.29) is 11.8 Å². The largest absolute Gasteiger partial charge is 0.609 e. The lowest BCUT2D eigenvalue weighted by atomic mass is 10.1. The van der Waals surface area contributed by atoms with Crippen LogP contribution in [0.4, 0.5) is 5.82 Å². The van der Waals surface area contributed by atoms with E-state index < -0.39 is 35.3 Å². The number of thiazole rings is 1. The van der Waals surface area contributed by atoms with Crippen LogP contribution in [0, 0.1) is 12.8 Å². The minimum Gasteiger partial charge on any atom is -0.609 e. The summed E-state index contributed by atoms with van der Waals surface area (Å²) >= 11 is 0.0609. The number of anilines is 1. The molecule has 1 unspecified atom stereocenters. The fraction of sp³-hybridized carbons (Fsp3) is 0.444. The quantitative estimate of drug-likeness (QED) is 0.336. The van der Waals surface area contributed by atoms with Crippen molar-refractivity contribution in [2.24, 2.45) is 5.92 Å². The zero-order valence-corrected chi connectivity index (χ0v) is 17.4. The van der Waals surface area contributed by atoms with Crippen LogP contribution in [0.15, 0.2) is 23.6 Å². The number of nitrogens with one attached hydrogen (secondary N) is 1. The van der Waals surface area contributed by atoms with E-state index in [1.807, 2.05) is 6.07 Å². The Morgan fingerprint density at radius 1 is 1.28 bits per heavy atom. The van der Waals surface area contributed by atoms with Crippen LogP contribution in [0.5, 0.6) is 0 Å². The SMILES string of the molecule is Cc1nc([S+](C)[O-])nc(N[C@@H]2C[C@H](CO)[C@@H](O)[C@H]2O)c1-c1nc2cnccc2s1. The van der Waals surface area contributed by atoms with E-state index in [0.717, 1.165) is 10.2 Å². The van der Waals surface area contributed by atoms with Gasteiger partial charge in [0.2, 0.25) is 0 Å². The normalized spacial score (nSPS) is 25.4. The van der Waals surface area contributed by atoms with E-state index in [0.29, 0.717) is 28.5 Å². The standard InChI is InChI=1S/C18H21N5O4S2/c1-8-13(17-22-11-6-19-4-3-12(11)28-17)16(23-18(20-8)29(2)27)21-10-5-9(7-24)14(25)15(10)26/h3-4,6,9-10,14-15,24-26H,5,7H2,1-2H3,(H,20,21,23)/t9-,10-,14-,15+,29?/m1/s1. The Balaban J connectivity index is 1.79. The third-order valence-electron chi connectivity index (χ3n) is 5.09. The van der Waals surface area contributed by atoms with Crippen LogP contribution in [0.2, 0.25) is 0 Å². The highest BCUT2D eigenvalue weighted by Crippen LogP contribution is 2.37. The van der Waals surface area contributed by atoms with Crippen molar-refractivity contribution in [3.05, 3.63) is 24.2 Å². The first-order chi connectivity index (χ1) is 13.9. The van der Waals surface area contributed by atoms with E-state index in [9.17, 15) is 19.9 Å². The monoisotopic (exact) mass is 435 g/mol. The van der Waals surface area contributed by atoms with Crippen molar-refractivity contribution >= 4 is 38.5 Å². The highest BCUT2D eigenvalue weighted by molar-refractivity contribution is 7.90. The maximum Gasteiger partial charge on any atom is 0.344 e. The summed E-state index contributed by atoms with van der Waals surface area (Å²) in [6.07, 6.45) is 3.15. The van der Waals surface area contributed by atoms with Gasteiger partial charge in [-0.15, -0.1) is 11.3 Å². The molecule has 1 aliphatic rings. The fourth-order valence-electron chi connectivity index (χ4n) is 3.55. The Morgan fingerprint density at radius 2 is 2.07 bits per heavy atom. The van der Waals surface area contributed by atoms with Gasteiger partial charge in [-0.1, -0.05) is 0 Å². The lowest BCUT2D eigenvalue weighted by molar-refractivity contribution is 0.00445. The van der Waals surface area contributed by atoms with Gasteiger partial charge in [0, 0.05) is 29.9 Å². The molecule has 1 saturated carbocycles. The predicted octanol–water partition coefficient (Wildman–Crippen LogP) is 0.709. The third-order valence-corrected chi connectivity index (χ3v) is 6.84. The Hall–Kier alpha value is -1.89. The summed E-state index contributed by atoms with van der Waals surface area (Å²) in [7, 11) is 0. The van der Waals surface area contributed by atoms with Crippen LogP contribution in [0.1, 0.15) is 12.1 Å². The smallest absolute Gasteiger partial charge is 0.344 e. The zero-order valence-electron chi connectivity index (χ0n) is 15.8.